The van der Waals surface area contributed by atoms with E-state index in [1.165, 1.54) is 11.1 Å². The summed E-state index contributed by atoms with van der Waals surface area (Å²) in [6.45, 7) is 12.0. The Labute approximate surface area is 194 Å². The van der Waals surface area contributed by atoms with Gasteiger partial charge < -0.3 is 18.8 Å². The number of fused-ring (bicyclic) bond motifs is 4. The van der Waals surface area contributed by atoms with Gasteiger partial charge >= 0.3 is 0 Å². The fraction of sp³-hybridized carbons (Fsp3) is 0.654. The van der Waals surface area contributed by atoms with Crippen LogP contribution in [0.5, 0.6) is 11.5 Å². The van der Waals surface area contributed by atoms with Gasteiger partial charge in [-0.2, -0.15) is 0 Å². The smallest absolute Gasteiger partial charge is 0.227 e. The summed E-state index contributed by atoms with van der Waals surface area (Å²) in [7, 11) is 1.43. The maximum Gasteiger partial charge on any atom is 0.227 e. The molecule has 1 fully saturated rings. The van der Waals surface area contributed by atoms with Crippen LogP contribution in [-0.2, 0) is 15.6 Å². The van der Waals surface area contributed by atoms with E-state index in [0.717, 1.165) is 37.2 Å². The number of rotatable bonds is 5. The number of ether oxygens (including phenoxy) is 2. The topological polar surface area (TPSA) is 48.0 Å². The summed E-state index contributed by atoms with van der Waals surface area (Å²) in [6.07, 6.45) is 8.24. The highest BCUT2D eigenvalue weighted by atomic mass is 28.4. The summed E-state index contributed by atoms with van der Waals surface area (Å²) >= 11 is 0. The SMILES string of the molecule is COc1cc2c(cc1OC)[C@H]1C[C@H]3C=CCC[C@H]3C(=O)N1[C@H](CO[Si](C)(C)C(C)(C)C)C2. The Kier molecular flexibility index (Phi) is 6.23. The fourth-order valence-electron chi connectivity index (χ4n) is 5.31. The number of allylic oxidation sites excluding steroid dienone is 2. The third-order valence-corrected chi connectivity index (χ3v) is 12.7. The van der Waals surface area contributed by atoms with Gasteiger partial charge in [0.15, 0.2) is 19.8 Å². The fourth-order valence-corrected chi connectivity index (χ4v) is 6.35. The monoisotopic (exact) mass is 457 g/mol. The van der Waals surface area contributed by atoms with Crippen molar-refractivity contribution in [3.05, 3.63) is 35.4 Å². The van der Waals surface area contributed by atoms with Crippen molar-refractivity contribution in [2.45, 2.75) is 76.7 Å². The second-order valence-corrected chi connectivity index (χ2v) is 15.9. The quantitative estimate of drug-likeness (QED) is 0.432. The first-order valence-electron chi connectivity index (χ1n) is 11.9. The molecule has 0 bridgehead atoms. The summed E-state index contributed by atoms with van der Waals surface area (Å²) < 4.78 is 17.9. The van der Waals surface area contributed by atoms with E-state index in [2.05, 4.69) is 63.0 Å². The molecule has 32 heavy (non-hydrogen) atoms. The Morgan fingerprint density at radius 3 is 2.47 bits per heavy atom. The number of piperidine rings is 1. The van der Waals surface area contributed by atoms with E-state index in [9.17, 15) is 4.79 Å². The number of hydrogen-bond donors (Lipinski definition) is 0. The van der Waals surface area contributed by atoms with Gasteiger partial charge in [0.2, 0.25) is 5.91 Å². The second-order valence-electron chi connectivity index (χ2n) is 11.1. The van der Waals surface area contributed by atoms with Crippen molar-refractivity contribution < 1.29 is 18.7 Å². The number of hydrogen-bond acceptors (Lipinski definition) is 4. The third kappa shape index (κ3) is 4.00. The second kappa shape index (κ2) is 8.53. The van der Waals surface area contributed by atoms with Gasteiger partial charge in [0.25, 0.3) is 0 Å². The molecule has 6 heteroatoms. The minimum Gasteiger partial charge on any atom is -0.493 e. The highest BCUT2D eigenvalue weighted by Gasteiger charge is 2.48. The number of amides is 1. The van der Waals surface area contributed by atoms with E-state index in [1.54, 1.807) is 14.2 Å². The van der Waals surface area contributed by atoms with Gasteiger partial charge in [-0.25, -0.2) is 0 Å². The lowest BCUT2D eigenvalue weighted by Crippen LogP contribution is -2.57. The highest BCUT2D eigenvalue weighted by Crippen LogP contribution is 2.49. The first-order chi connectivity index (χ1) is 15.1. The van der Waals surface area contributed by atoms with Gasteiger partial charge in [-0.15, -0.1) is 0 Å². The van der Waals surface area contributed by atoms with Crippen LogP contribution in [0.2, 0.25) is 18.1 Å². The molecule has 0 spiro atoms. The van der Waals surface area contributed by atoms with Gasteiger partial charge in [0, 0.05) is 5.92 Å². The van der Waals surface area contributed by atoms with Gasteiger partial charge in [-0.3, -0.25) is 4.79 Å². The standard InChI is InChI=1S/C26H39NO4Si/c1-26(2,3)32(6,7)31-16-19-12-18-14-23(29-4)24(30-5)15-21(18)22-13-17-10-8-9-11-20(17)25(28)27(19)22/h8,10,14-15,17,19-20,22H,9,11-13,16H2,1-7H3/t17-,19+,20-,22-/m1/s1. The molecule has 1 aromatic carbocycles. The highest BCUT2D eigenvalue weighted by molar-refractivity contribution is 6.74. The average molecular weight is 458 g/mol. The van der Waals surface area contributed by atoms with Crippen molar-refractivity contribution in [3.8, 4) is 11.5 Å². The largest absolute Gasteiger partial charge is 0.493 e. The van der Waals surface area contributed by atoms with E-state index < -0.39 is 8.32 Å². The summed E-state index contributed by atoms with van der Waals surface area (Å²) in [5.74, 6) is 2.21. The molecule has 1 aromatic rings. The zero-order valence-corrected chi connectivity index (χ0v) is 21.7. The first kappa shape index (κ1) is 23.4. The summed E-state index contributed by atoms with van der Waals surface area (Å²) in [5, 5.41) is 0.140. The Morgan fingerprint density at radius 1 is 1.12 bits per heavy atom. The molecular formula is C26H39NO4Si. The average Bonchev–Trinajstić information content (AvgIpc) is 2.75. The molecule has 4 rings (SSSR count). The zero-order chi connectivity index (χ0) is 23.3. The van der Waals surface area contributed by atoms with Crippen LogP contribution >= 0.6 is 0 Å². The van der Waals surface area contributed by atoms with Crippen LogP contribution in [0.1, 0.15) is 57.2 Å². The van der Waals surface area contributed by atoms with Crippen LogP contribution in [0.4, 0.5) is 0 Å². The number of nitrogens with zero attached hydrogens (tertiary/aromatic N) is 1. The molecule has 0 unspecified atom stereocenters. The molecule has 2 heterocycles. The van der Waals surface area contributed by atoms with Crippen LogP contribution in [0.15, 0.2) is 24.3 Å². The number of carbonyl (C=O) groups excluding carboxylic acids is 1. The van der Waals surface area contributed by atoms with Crippen molar-refractivity contribution in [1.29, 1.82) is 0 Å². The maximum absolute atomic E-state index is 13.8. The first-order valence-corrected chi connectivity index (χ1v) is 14.9. The van der Waals surface area contributed by atoms with Crippen LogP contribution in [0.3, 0.4) is 0 Å². The van der Waals surface area contributed by atoms with Crippen LogP contribution in [-0.4, -0.2) is 46.0 Å². The molecule has 5 nitrogen and oxygen atoms in total. The Balaban J connectivity index is 1.72. The molecule has 3 aliphatic rings. The molecule has 0 saturated carbocycles. The van der Waals surface area contributed by atoms with Crippen LogP contribution in [0, 0.1) is 11.8 Å². The lowest BCUT2D eigenvalue weighted by molar-refractivity contribution is -0.150. The lowest BCUT2D eigenvalue weighted by atomic mass is 9.71. The normalized spacial score (nSPS) is 27.5. The van der Waals surface area contributed by atoms with Crippen molar-refractivity contribution >= 4 is 14.2 Å². The Morgan fingerprint density at radius 2 is 1.81 bits per heavy atom. The van der Waals surface area contributed by atoms with E-state index in [1.807, 2.05) is 0 Å². The number of carbonyl (C=O) groups is 1. The molecule has 1 aliphatic carbocycles. The predicted molar refractivity (Wildman–Crippen MR) is 130 cm³/mol. The zero-order valence-electron chi connectivity index (χ0n) is 20.7. The molecule has 2 aliphatic heterocycles. The minimum atomic E-state index is -1.92. The van der Waals surface area contributed by atoms with Crippen LogP contribution in [0.25, 0.3) is 0 Å². The van der Waals surface area contributed by atoms with Gasteiger partial charge in [-0.05, 0) is 73.0 Å². The molecule has 1 saturated heterocycles. The molecule has 0 radical (unpaired) electrons. The summed E-state index contributed by atoms with van der Waals surface area (Å²) in [5.41, 5.74) is 2.45. The molecule has 176 valence electrons. The van der Waals surface area contributed by atoms with Crippen molar-refractivity contribution in [1.82, 2.24) is 4.90 Å². The summed E-state index contributed by atoms with van der Waals surface area (Å²) in [4.78, 5) is 16.0. The molecule has 0 N–H and O–H groups in total. The van der Waals surface area contributed by atoms with Crippen molar-refractivity contribution in [3.63, 3.8) is 0 Å². The summed E-state index contributed by atoms with van der Waals surface area (Å²) in [6, 6.07) is 4.32. The minimum absolute atomic E-state index is 0.0547. The van der Waals surface area contributed by atoms with Crippen molar-refractivity contribution in [2.75, 3.05) is 20.8 Å². The lowest BCUT2D eigenvalue weighted by Gasteiger charge is -2.51. The number of methoxy groups -OCH3 is 2. The molecule has 4 atom stereocenters. The predicted octanol–water partition coefficient (Wildman–Crippen LogP) is 5.51. The molecule has 0 aromatic heterocycles. The van der Waals surface area contributed by atoms with Crippen molar-refractivity contribution in [2.24, 2.45) is 11.8 Å². The number of benzene rings is 1. The van der Waals surface area contributed by atoms with Gasteiger partial charge in [-0.1, -0.05) is 32.9 Å². The maximum atomic E-state index is 13.8. The van der Waals surface area contributed by atoms with E-state index in [4.69, 9.17) is 13.9 Å². The molecule has 1 amide bonds. The Hall–Kier alpha value is -1.79. The van der Waals surface area contributed by atoms with Crippen LogP contribution < -0.4 is 9.47 Å². The van der Waals surface area contributed by atoms with E-state index in [-0.39, 0.29) is 23.0 Å². The Bertz CT molecular complexity index is 904. The van der Waals surface area contributed by atoms with E-state index in [0.29, 0.717) is 18.4 Å². The van der Waals surface area contributed by atoms with E-state index >= 15 is 0 Å². The van der Waals surface area contributed by atoms with Gasteiger partial charge in [0.1, 0.15) is 0 Å². The van der Waals surface area contributed by atoms with Gasteiger partial charge in [0.05, 0.1) is 32.9 Å². The molecular weight excluding hydrogens is 418 g/mol. The third-order valence-electron chi connectivity index (χ3n) is 8.24.